The van der Waals surface area contributed by atoms with Gasteiger partial charge in [-0.2, -0.15) is 0 Å². The summed E-state index contributed by atoms with van der Waals surface area (Å²) in [6.07, 6.45) is 1.53. The Morgan fingerprint density at radius 1 is 0.906 bits per heavy atom. The molecule has 32 heavy (non-hydrogen) atoms. The van der Waals surface area contributed by atoms with Crippen molar-refractivity contribution in [2.24, 2.45) is 0 Å². The van der Waals surface area contributed by atoms with Gasteiger partial charge < -0.3 is 9.32 Å². The number of tetrazole rings is 1. The van der Waals surface area contributed by atoms with Gasteiger partial charge in [0.25, 0.3) is 5.91 Å². The number of hydrogen-bond acceptors (Lipinski definition) is 6. The van der Waals surface area contributed by atoms with Crippen LogP contribution in [0.15, 0.2) is 83.5 Å². The molecule has 1 aliphatic rings. The molecule has 8 heteroatoms. The van der Waals surface area contributed by atoms with Crippen LogP contribution in [0.25, 0.3) is 0 Å². The lowest BCUT2D eigenvalue weighted by atomic mass is 10.0. The van der Waals surface area contributed by atoms with Crippen molar-refractivity contribution in [2.75, 3.05) is 26.2 Å². The number of rotatable bonds is 6. The molecule has 0 radical (unpaired) electrons. The Balaban J connectivity index is 1.39. The van der Waals surface area contributed by atoms with Crippen LogP contribution in [0, 0.1) is 0 Å². The Hall–Kier alpha value is -3.78. The van der Waals surface area contributed by atoms with Crippen molar-refractivity contribution < 1.29 is 9.21 Å². The van der Waals surface area contributed by atoms with Gasteiger partial charge in [-0.05, 0) is 33.7 Å². The molecule has 1 fully saturated rings. The number of carbonyl (C=O) groups excluding carboxylic acids is 1. The van der Waals surface area contributed by atoms with Crippen molar-refractivity contribution >= 4 is 5.91 Å². The van der Waals surface area contributed by atoms with Crippen LogP contribution in [-0.4, -0.2) is 62.1 Å². The van der Waals surface area contributed by atoms with Gasteiger partial charge in [0.1, 0.15) is 0 Å². The van der Waals surface area contributed by atoms with Crippen LogP contribution in [0.1, 0.15) is 33.5 Å². The normalized spacial score (nSPS) is 15.6. The van der Waals surface area contributed by atoms with E-state index < -0.39 is 0 Å². The van der Waals surface area contributed by atoms with Crippen LogP contribution in [0.4, 0.5) is 0 Å². The minimum Gasteiger partial charge on any atom is -0.459 e. The summed E-state index contributed by atoms with van der Waals surface area (Å²) in [5.41, 5.74) is 2.27. The van der Waals surface area contributed by atoms with Gasteiger partial charge in [0.15, 0.2) is 11.6 Å². The summed E-state index contributed by atoms with van der Waals surface area (Å²) < 4.78 is 7.16. The van der Waals surface area contributed by atoms with Crippen molar-refractivity contribution in [3.63, 3.8) is 0 Å². The molecular weight excluding hydrogens is 404 g/mol. The van der Waals surface area contributed by atoms with Gasteiger partial charge in [-0.25, -0.2) is 4.68 Å². The van der Waals surface area contributed by atoms with E-state index in [9.17, 15) is 4.79 Å². The van der Waals surface area contributed by atoms with E-state index in [1.807, 2.05) is 46.0 Å². The molecule has 162 valence electrons. The van der Waals surface area contributed by atoms with Crippen LogP contribution in [0.2, 0.25) is 0 Å². The molecule has 0 N–H and O–H groups in total. The smallest absolute Gasteiger partial charge is 0.289 e. The molecule has 5 rings (SSSR count). The van der Waals surface area contributed by atoms with Gasteiger partial charge in [0.05, 0.1) is 18.8 Å². The number of aromatic nitrogens is 4. The zero-order valence-electron chi connectivity index (χ0n) is 17.6. The second-order valence-electron chi connectivity index (χ2n) is 7.80. The highest BCUT2D eigenvalue weighted by Crippen LogP contribution is 2.28. The molecule has 1 atom stereocenters. The summed E-state index contributed by atoms with van der Waals surface area (Å²) in [7, 11) is 0. The van der Waals surface area contributed by atoms with Crippen LogP contribution < -0.4 is 0 Å². The first-order valence-electron chi connectivity index (χ1n) is 10.7. The van der Waals surface area contributed by atoms with Gasteiger partial charge in [-0.15, -0.1) is 5.10 Å². The van der Waals surface area contributed by atoms with Gasteiger partial charge in [0.2, 0.25) is 0 Å². The standard InChI is InChI=1S/C24H24N6O2/c31-24(21-12-7-17-32-21)29-15-13-28(14-16-29)22(20-10-5-2-6-11-20)23-25-26-27-30(23)18-19-8-3-1-4-9-19/h1-12,17,22H,13-16,18H2/t22-/m0/s1. The highest BCUT2D eigenvalue weighted by molar-refractivity contribution is 5.91. The fourth-order valence-corrected chi connectivity index (χ4v) is 4.17. The fraction of sp³-hybridized carbons (Fsp3) is 0.250. The van der Waals surface area contributed by atoms with E-state index in [0.29, 0.717) is 38.5 Å². The number of hydrogen-bond donors (Lipinski definition) is 0. The van der Waals surface area contributed by atoms with Gasteiger partial charge in [-0.1, -0.05) is 60.7 Å². The third-order valence-electron chi connectivity index (χ3n) is 5.79. The van der Waals surface area contributed by atoms with Gasteiger partial charge in [0, 0.05) is 26.2 Å². The summed E-state index contributed by atoms with van der Waals surface area (Å²) in [5, 5.41) is 12.7. The SMILES string of the molecule is O=C(c1ccco1)N1CCN([C@@H](c2ccccc2)c2nnnn2Cc2ccccc2)CC1. The van der Waals surface area contributed by atoms with E-state index in [-0.39, 0.29) is 11.9 Å². The minimum atomic E-state index is -0.101. The van der Waals surface area contributed by atoms with E-state index in [1.165, 1.54) is 6.26 Å². The fourth-order valence-electron chi connectivity index (χ4n) is 4.17. The second kappa shape index (κ2) is 9.15. The Bertz CT molecular complexity index is 1140. The first-order valence-corrected chi connectivity index (χ1v) is 10.7. The zero-order chi connectivity index (χ0) is 21.8. The van der Waals surface area contributed by atoms with Crippen LogP contribution >= 0.6 is 0 Å². The van der Waals surface area contributed by atoms with E-state index in [4.69, 9.17) is 4.42 Å². The highest BCUT2D eigenvalue weighted by Gasteiger charge is 2.32. The molecule has 2 aromatic heterocycles. The number of furan rings is 1. The van der Waals surface area contributed by atoms with E-state index in [1.54, 1.807) is 12.1 Å². The molecule has 0 saturated carbocycles. The predicted molar refractivity (Wildman–Crippen MR) is 118 cm³/mol. The molecule has 2 aromatic carbocycles. The second-order valence-corrected chi connectivity index (χ2v) is 7.80. The first-order chi connectivity index (χ1) is 15.8. The molecule has 1 aliphatic heterocycles. The summed E-state index contributed by atoms with van der Waals surface area (Å²) in [4.78, 5) is 16.8. The van der Waals surface area contributed by atoms with E-state index in [2.05, 4.69) is 44.7 Å². The lowest BCUT2D eigenvalue weighted by molar-refractivity contribution is 0.0559. The number of benzene rings is 2. The molecule has 0 unspecified atom stereocenters. The van der Waals surface area contributed by atoms with E-state index in [0.717, 1.165) is 17.0 Å². The molecular formula is C24H24N6O2. The highest BCUT2D eigenvalue weighted by atomic mass is 16.3. The average Bonchev–Trinajstić information content (AvgIpc) is 3.54. The zero-order valence-corrected chi connectivity index (χ0v) is 17.6. The molecule has 0 spiro atoms. The molecule has 4 aromatic rings. The monoisotopic (exact) mass is 428 g/mol. The minimum absolute atomic E-state index is 0.0696. The third-order valence-corrected chi connectivity index (χ3v) is 5.79. The lowest BCUT2D eigenvalue weighted by Crippen LogP contribution is -2.50. The van der Waals surface area contributed by atoms with Gasteiger partial charge >= 0.3 is 0 Å². The molecule has 1 saturated heterocycles. The predicted octanol–water partition coefficient (Wildman–Crippen LogP) is 2.86. The Kier molecular flexibility index (Phi) is 5.76. The molecule has 0 bridgehead atoms. The van der Waals surface area contributed by atoms with Crippen LogP contribution in [0.3, 0.4) is 0 Å². The summed E-state index contributed by atoms with van der Waals surface area (Å²) >= 11 is 0. The number of amides is 1. The summed E-state index contributed by atoms with van der Waals surface area (Å²) in [5.74, 6) is 1.11. The largest absolute Gasteiger partial charge is 0.459 e. The van der Waals surface area contributed by atoms with Crippen LogP contribution in [-0.2, 0) is 6.54 Å². The average molecular weight is 428 g/mol. The Morgan fingerprint density at radius 3 is 2.31 bits per heavy atom. The van der Waals surface area contributed by atoms with Crippen molar-refractivity contribution in [1.29, 1.82) is 0 Å². The Morgan fingerprint density at radius 2 is 1.62 bits per heavy atom. The molecule has 0 aliphatic carbocycles. The first kappa shape index (κ1) is 20.1. The quantitative estimate of drug-likeness (QED) is 0.470. The van der Waals surface area contributed by atoms with Crippen molar-refractivity contribution in [1.82, 2.24) is 30.0 Å². The maximum Gasteiger partial charge on any atom is 0.289 e. The summed E-state index contributed by atoms with van der Waals surface area (Å²) in [6.45, 7) is 3.25. The lowest BCUT2D eigenvalue weighted by Gasteiger charge is -2.38. The number of piperazine rings is 1. The number of carbonyl (C=O) groups is 1. The molecule has 3 heterocycles. The maximum absolute atomic E-state index is 12.7. The van der Waals surface area contributed by atoms with E-state index >= 15 is 0 Å². The van der Waals surface area contributed by atoms with Crippen LogP contribution in [0.5, 0.6) is 0 Å². The van der Waals surface area contributed by atoms with Gasteiger partial charge in [-0.3, -0.25) is 9.69 Å². The number of nitrogens with zero attached hydrogens (tertiary/aromatic N) is 6. The van der Waals surface area contributed by atoms with Crippen molar-refractivity contribution in [2.45, 2.75) is 12.6 Å². The maximum atomic E-state index is 12.7. The third kappa shape index (κ3) is 4.17. The summed E-state index contributed by atoms with van der Waals surface area (Å²) in [6, 6.07) is 23.8. The molecule has 8 nitrogen and oxygen atoms in total. The Labute approximate surface area is 186 Å². The topological polar surface area (TPSA) is 80.3 Å². The van der Waals surface area contributed by atoms with Crippen molar-refractivity contribution in [3.05, 3.63) is 102 Å². The van der Waals surface area contributed by atoms with Crippen molar-refractivity contribution in [3.8, 4) is 0 Å². The molecule has 1 amide bonds.